The lowest BCUT2D eigenvalue weighted by atomic mass is 9.94. The summed E-state index contributed by atoms with van der Waals surface area (Å²) in [6.07, 6.45) is 3.20. The maximum Gasteiger partial charge on any atom is 0.250 e. The standard InChI is InChI=1S/C13H21N3O2/c1-3-13(14,4-2)10-15-11(17)9-16-8-6-5-7-12(16)18/h5-8H,3-4,9-10,14H2,1-2H3,(H,15,17). The van der Waals surface area contributed by atoms with Crippen molar-refractivity contribution < 1.29 is 4.79 Å². The molecule has 5 nitrogen and oxygen atoms in total. The van der Waals surface area contributed by atoms with E-state index in [4.69, 9.17) is 5.73 Å². The van der Waals surface area contributed by atoms with Gasteiger partial charge in [-0.05, 0) is 18.9 Å². The highest BCUT2D eigenvalue weighted by Crippen LogP contribution is 2.09. The van der Waals surface area contributed by atoms with Crippen LogP contribution in [0.25, 0.3) is 0 Å². The zero-order valence-electron chi connectivity index (χ0n) is 11.0. The quantitative estimate of drug-likeness (QED) is 0.772. The van der Waals surface area contributed by atoms with Crippen LogP contribution in [0.5, 0.6) is 0 Å². The number of hydrogen-bond acceptors (Lipinski definition) is 3. The van der Waals surface area contributed by atoms with Crippen LogP contribution < -0.4 is 16.6 Å². The number of nitrogens with two attached hydrogens (primary N) is 1. The Kier molecular flexibility index (Phi) is 5.09. The van der Waals surface area contributed by atoms with Crippen LogP contribution in [-0.4, -0.2) is 22.6 Å². The summed E-state index contributed by atoms with van der Waals surface area (Å²) in [7, 11) is 0. The molecule has 0 aliphatic rings. The molecule has 100 valence electrons. The molecule has 0 atom stereocenters. The summed E-state index contributed by atoms with van der Waals surface area (Å²) in [6, 6.07) is 4.80. The van der Waals surface area contributed by atoms with E-state index in [1.807, 2.05) is 13.8 Å². The van der Waals surface area contributed by atoms with E-state index in [0.29, 0.717) is 6.54 Å². The number of nitrogens with one attached hydrogen (secondary N) is 1. The summed E-state index contributed by atoms with van der Waals surface area (Å²) in [5.41, 5.74) is 5.54. The highest BCUT2D eigenvalue weighted by molar-refractivity contribution is 5.75. The van der Waals surface area contributed by atoms with Crippen molar-refractivity contribution in [2.24, 2.45) is 5.73 Å². The third kappa shape index (κ3) is 4.00. The highest BCUT2D eigenvalue weighted by Gasteiger charge is 2.20. The van der Waals surface area contributed by atoms with Crippen LogP contribution in [0.3, 0.4) is 0 Å². The van der Waals surface area contributed by atoms with Gasteiger partial charge in [0.1, 0.15) is 6.54 Å². The van der Waals surface area contributed by atoms with Crippen molar-refractivity contribution in [1.82, 2.24) is 9.88 Å². The molecule has 0 aromatic carbocycles. The lowest BCUT2D eigenvalue weighted by Crippen LogP contribution is -2.50. The Labute approximate surface area is 107 Å². The zero-order chi connectivity index (χ0) is 13.6. The first-order chi connectivity index (χ1) is 8.50. The van der Waals surface area contributed by atoms with Gasteiger partial charge < -0.3 is 15.6 Å². The second-order valence-electron chi connectivity index (χ2n) is 4.51. The number of amides is 1. The molecule has 0 unspecified atom stereocenters. The van der Waals surface area contributed by atoms with Gasteiger partial charge >= 0.3 is 0 Å². The summed E-state index contributed by atoms with van der Waals surface area (Å²) in [4.78, 5) is 23.1. The van der Waals surface area contributed by atoms with E-state index < -0.39 is 0 Å². The van der Waals surface area contributed by atoms with E-state index in [2.05, 4.69) is 5.32 Å². The fourth-order valence-electron chi connectivity index (χ4n) is 1.58. The molecule has 0 saturated heterocycles. The first-order valence-electron chi connectivity index (χ1n) is 6.22. The summed E-state index contributed by atoms with van der Waals surface area (Å²) >= 11 is 0. The maximum atomic E-state index is 11.7. The minimum Gasteiger partial charge on any atom is -0.353 e. The van der Waals surface area contributed by atoms with Crippen molar-refractivity contribution >= 4 is 5.91 Å². The number of hydrogen-bond donors (Lipinski definition) is 2. The molecule has 1 aromatic heterocycles. The molecule has 1 amide bonds. The van der Waals surface area contributed by atoms with Crippen LogP contribution in [0.2, 0.25) is 0 Å². The highest BCUT2D eigenvalue weighted by atomic mass is 16.2. The molecular formula is C13H21N3O2. The van der Waals surface area contributed by atoms with Crippen LogP contribution in [0.1, 0.15) is 26.7 Å². The van der Waals surface area contributed by atoms with Crippen molar-refractivity contribution in [3.8, 4) is 0 Å². The first kappa shape index (κ1) is 14.4. The Morgan fingerprint density at radius 1 is 1.39 bits per heavy atom. The van der Waals surface area contributed by atoms with E-state index in [9.17, 15) is 9.59 Å². The monoisotopic (exact) mass is 251 g/mol. The fourth-order valence-corrected chi connectivity index (χ4v) is 1.58. The van der Waals surface area contributed by atoms with Gasteiger partial charge in [0, 0.05) is 24.3 Å². The second-order valence-corrected chi connectivity index (χ2v) is 4.51. The van der Waals surface area contributed by atoms with E-state index in [1.165, 1.54) is 10.6 Å². The number of rotatable bonds is 6. The SMILES string of the molecule is CCC(N)(CC)CNC(=O)Cn1ccccc1=O. The summed E-state index contributed by atoms with van der Waals surface area (Å²) < 4.78 is 1.37. The Bertz CT molecular complexity index is 450. The Morgan fingerprint density at radius 3 is 2.61 bits per heavy atom. The van der Waals surface area contributed by atoms with Crippen LogP contribution in [0, 0.1) is 0 Å². The molecule has 0 radical (unpaired) electrons. The van der Waals surface area contributed by atoms with E-state index in [0.717, 1.165) is 12.8 Å². The molecule has 3 N–H and O–H groups in total. The molecule has 0 fully saturated rings. The van der Waals surface area contributed by atoms with Crippen LogP contribution in [0.15, 0.2) is 29.2 Å². The molecule has 0 bridgehead atoms. The molecule has 1 heterocycles. The van der Waals surface area contributed by atoms with Crippen LogP contribution in [-0.2, 0) is 11.3 Å². The van der Waals surface area contributed by atoms with E-state index in [-0.39, 0.29) is 23.6 Å². The molecule has 1 rings (SSSR count). The van der Waals surface area contributed by atoms with Gasteiger partial charge in [-0.1, -0.05) is 19.9 Å². The third-order valence-corrected chi connectivity index (χ3v) is 3.26. The number of carbonyl (C=O) groups is 1. The molecular weight excluding hydrogens is 230 g/mol. The minimum absolute atomic E-state index is 0.0309. The first-order valence-corrected chi connectivity index (χ1v) is 6.22. The number of pyridine rings is 1. The van der Waals surface area contributed by atoms with E-state index in [1.54, 1.807) is 18.3 Å². The third-order valence-electron chi connectivity index (χ3n) is 3.26. The van der Waals surface area contributed by atoms with Gasteiger partial charge in [0.2, 0.25) is 5.91 Å². The number of nitrogens with zero attached hydrogens (tertiary/aromatic N) is 1. The molecule has 1 aromatic rings. The van der Waals surface area contributed by atoms with Crippen molar-refractivity contribution in [3.63, 3.8) is 0 Å². The molecule has 0 aliphatic carbocycles. The maximum absolute atomic E-state index is 11.7. The molecule has 5 heteroatoms. The molecule has 18 heavy (non-hydrogen) atoms. The van der Waals surface area contributed by atoms with Gasteiger partial charge in [-0.3, -0.25) is 9.59 Å². The number of aromatic nitrogens is 1. The predicted octanol–water partition coefficient (Wildman–Crippen LogP) is 0.482. The van der Waals surface area contributed by atoms with Gasteiger partial charge in [0.05, 0.1) is 0 Å². The number of carbonyl (C=O) groups excluding carboxylic acids is 1. The van der Waals surface area contributed by atoms with Gasteiger partial charge in [-0.2, -0.15) is 0 Å². The predicted molar refractivity (Wildman–Crippen MR) is 71.2 cm³/mol. The zero-order valence-corrected chi connectivity index (χ0v) is 11.0. The Hall–Kier alpha value is -1.62. The molecule has 0 spiro atoms. The van der Waals surface area contributed by atoms with Crippen molar-refractivity contribution in [2.45, 2.75) is 38.8 Å². The smallest absolute Gasteiger partial charge is 0.250 e. The topological polar surface area (TPSA) is 77.1 Å². The average Bonchev–Trinajstić information content (AvgIpc) is 2.39. The van der Waals surface area contributed by atoms with Crippen molar-refractivity contribution in [3.05, 3.63) is 34.7 Å². The molecule has 0 saturated carbocycles. The Morgan fingerprint density at radius 2 is 2.06 bits per heavy atom. The van der Waals surface area contributed by atoms with Crippen molar-refractivity contribution in [2.75, 3.05) is 6.54 Å². The summed E-state index contributed by atoms with van der Waals surface area (Å²) in [6.45, 7) is 4.46. The average molecular weight is 251 g/mol. The normalized spacial score (nSPS) is 11.3. The summed E-state index contributed by atoms with van der Waals surface area (Å²) in [5, 5.41) is 2.78. The fraction of sp³-hybridized carbons (Fsp3) is 0.538. The Balaban J connectivity index is 2.53. The van der Waals surface area contributed by atoms with Gasteiger partial charge in [0.25, 0.3) is 5.56 Å². The minimum atomic E-state index is -0.364. The van der Waals surface area contributed by atoms with Crippen LogP contribution >= 0.6 is 0 Å². The second kappa shape index (κ2) is 6.35. The lowest BCUT2D eigenvalue weighted by Gasteiger charge is -2.26. The largest absolute Gasteiger partial charge is 0.353 e. The summed E-state index contributed by atoms with van der Waals surface area (Å²) in [5.74, 6) is -0.194. The van der Waals surface area contributed by atoms with Gasteiger partial charge in [0.15, 0.2) is 0 Å². The van der Waals surface area contributed by atoms with Crippen molar-refractivity contribution in [1.29, 1.82) is 0 Å². The lowest BCUT2D eigenvalue weighted by molar-refractivity contribution is -0.122. The van der Waals surface area contributed by atoms with Crippen LogP contribution in [0.4, 0.5) is 0 Å². The molecule has 0 aliphatic heterocycles. The van der Waals surface area contributed by atoms with E-state index >= 15 is 0 Å². The van der Waals surface area contributed by atoms with Gasteiger partial charge in [-0.25, -0.2) is 0 Å². The van der Waals surface area contributed by atoms with Gasteiger partial charge in [-0.15, -0.1) is 0 Å².